The fourth-order valence-corrected chi connectivity index (χ4v) is 2.85. The number of likely N-dealkylation sites (tertiary alicyclic amines) is 1. The van der Waals surface area contributed by atoms with Crippen molar-refractivity contribution in [2.24, 2.45) is 0 Å². The van der Waals surface area contributed by atoms with Gasteiger partial charge in [0.05, 0.1) is 0 Å². The van der Waals surface area contributed by atoms with Crippen LogP contribution in [0.5, 0.6) is 0 Å². The van der Waals surface area contributed by atoms with Crippen LogP contribution in [0.2, 0.25) is 0 Å². The van der Waals surface area contributed by atoms with Crippen molar-refractivity contribution in [2.45, 2.75) is 26.2 Å². The topological polar surface area (TPSA) is 9.72 Å². The molecule has 0 atom stereocenters. The first-order chi connectivity index (χ1) is 7.88. The van der Waals surface area contributed by atoms with Crippen LogP contribution >= 0.6 is 0 Å². The molecule has 0 radical (unpaired) electrons. The first-order valence-electron chi connectivity index (χ1n) is 7.05. The van der Waals surface area contributed by atoms with Gasteiger partial charge in [0.15, 0.2) is 0 Å². The number of rotatable bonds is 5. The van der Waals surface area contributed by atoms with E-state index in [1.165, 1.54) is 78.2 Å². The molecule has 2 rings (SSSR count). The zero-order valence-electron chi connectivity index (χ0n) is 10.8. The number of nitrogens with zero attached hydrogens (tertiary/aromatic N) is 3. The zero-order chi connectivity index (χ0) is 11.2. The summed E-state index contributed by atoms with van der Waals surface area (Å²) in [4.78, 5) is 7.82. The maximum absolute atomic E-state index is 2.64. The van der Waals surface area contributed by atoms with Crippen LogP contribution in [-0.4, -0.2) is 73.6 Å². The molecule has 0 aromatic carbocycles. The summed E-state index contributed by atoms with van der Waals surface area (Å²) in [6.07, 6.45) is 4.22. The smallest absolute Gasteiger partial charge is 0.0110 e. The van der Waals surface area contributed by atoms with Crippen molar-refractivity contribution in [2.75, 3.05) is 58.9 Å². The van der Waals surface area contributed by atoms with Crippen LogP contribution in [0.3, 0.4) is 0 Å². The maximum atomic E-state index is 2.64. The third kappa shape index (κ3) is 3.72. The van der Waals surface area contributed by atoms with Gasteiger partial charge in [0, 0.05) is 26.2 Å². The van der Waals surface area contributed by atoms with Gasteiger partial charge in [0.25, 0.3) is 0 Å². The van der Waals surface area contributed by atoms with E-state index in [9.17, 15) is 0 Å². The molecule has 2 heterocycles. The van der Waals surface area contributed by atoms with E-state index in [1.54, 1.807) is 0 Å². The summed E-state index contributed by atoms with van der Waals surface area (Å²) < 4.78 is 0. The van der Waals surface area contributed by atoms with Gasteiger partial charge in [-0.25, -0.2) is 0 Å². The van der Waals surface area contributed by atoms with Gasteiger partial charge in [0.2, 0.25) is 0 Å². The minimum atomic E-state index is 1.22. The van der Waals surface area contributed by atoms with Crippen molar-refractivity contribution in [1.82, 2.24) is 14.7 Å². The van der Waals surface area contributed by atoms with Crippen LogP contribution in [0.25, 0.3) is 0 Å². The third-order valence-electron chi connectivity index (χ3n) is 4.06. The average Bonchev–Trinajstić information content (AvgIpc) is 2.83. The van der Waals surface area contributed by atoms with Gasteiger partial charge in [0.1, 0.15) is 0 Å². The minimum Gasteiger partial charge on any atom is -0.303 e. The molecule has 0 spiro atoms. The van der Waals surface area contributed by atoms with Gasteiger partial charge in [-0.2, -0.15) is 0 Å². The number of likely N-dealkylation sites (N-methyl/N-ethyl adjacent to an activating group) is 1. The van der Waals surface area contributed by atoms with Crippen molar-refractivity contribution >= 4 is 0 Å². The monoisotopic (exact) mass is 225 g/mol. The Morgan fingerprint density at radius 2 is 1.19 bits per heavy atom. The first-order valence-corrected chi connectivity index (χ1v) is 7.05. The second-order valence-electron chi connectivity index (χ2n) is 5.18. The lowest BCUT2D eigenvalue weighted by molar-refractivity contribution is 0.132. The summed E-state index contributed by atoms with van der Waals surface area (Å²) in [7, 11) is 0. The summed E-state index contributed by atoms with van der Waals surface area (Å²) in [6, 6.07) is 0. The molecule has 0 aromatic heterocycles. The van der Waals surface area contributed by atoms with Crippen LogP contribution < -0.4 is 0 Å². The predicted molar refractivity (Wildman–Crippen MR) is 68.8 cm³/mol. The summed E-state index contributed by atoms with van der Waals surface area (Å²) in [5.74, 6) is 0. The third-order valence-corrected chi connectivity index (χ3v) is 4.06. The van der Waals surface area contributed by atoms with Crippen molar-refractivity contribution in [3.8, 4) is 0 Å². The van der Waals surface area contributed by atoms with E-state index in [0.717, 1.165) is 0 Å². The standard InChI is InChI=1S/C13H27N3/c1-2-14-10-12-16(13-11-14)9-5-8-15-6-3-4-7-15/h2-13H2,1H3. The van der Waals surface area contributed by atoms with Crippen LogP contribution in [0.15, 0.2) is 0 Å². The fraction of sp³-hybridized carbons (Fsp3) is 1.00. The summed E-state index contributed by atoms with van der Waals surface area (Å²) in [6.45, 7) is 14.0. The molecule has 2 aliphatic rings. The zero-order valence-corrected chi connectivity index (χ0v) is 10.8. The Morgan fingerprint density at radius 3 is 1.75 bits per heavy atom. The highest BCUT2D eigenvalue weighted by molar-refractivity contribution is 4.72. The fourth-order valence-electron chi connectivity index (χ4n) is 2.85. The molecule has 2 aliphatic heterocycles. The number of hydrogen-bond donors (Lipinski definition) is 0. The Labute approximate surface area is 100 Å². The maximum Gasteiger partial charge on any atom is 0.0110 e. The number of hydrogen-bond acceptors (Lipinski definition) is 3. The Balaban J connectivity index is 1.53. The van der Waals surface area contributed by atoms with Gasteiger partial charge in [-0.3, -0.25) is 0 Å². The molecular formula is C13H27N3. The molecule has 3 heteroatoms. The quantitative estimate of drug-likeness (QED) is 0.694. The first kappa shape index (κ1) is 12.3. The lowest BCUT2D eigenvalue weighted by Crippen LogP contribution is -2.46. The average molecular weight is 225 g/mol. The second kappa shape index (κ2) is 6.58. The molecule has 0 amide bonds. The van der Waals surface area contributed by atoms with E-state index >= 15 is 0 Å². The molecule has 0 unspecified atom stereocenters. The van der Waals surface area contributed by atoms with Crippen LogP contribution in [0.4, 0.5) is 0 Å². The molecule has 0 aromatic rings. The Hall–Kier alpha value is -0.120. The summed E-state index contributed by atoms with van der Waals surface area (Å²) >= 11 is 0. The van der Waals surface area contributed by atoms with E-state index in [0.29, 0.717) is 0 Å². The van der Waals surface area contributed by atoms with Crippen LogP contribution in [0, 0.1) is 0 Å². The van der Waals surface area contributed by atoms with Crippen molar-refractivity contribution < 1.29 is 0 Å². The molecule has 94 valence electrons. The molecule has 0 saturated carbocycles. The molecule has 2 saturated heterocycles. The molecule has 0 bridgehead atoms. The van der Waals surface area contributed by atoms with Gasteiger partial charge < -0.3 is 14.7 Å². The molecule has 16 heavy (non-hydrogen) atoms. The molecule has 0 N–H and O–H groups in total. The minimum absolute atomic E-state index is 1.22. The normalized spacial score (nSPS) is 25.3. The van der Waals surface area contributed by atoms with Gasteiger partial charge >= 0.3 is 0 Å². The van der Waals surface area contributed by atoms with Gasteiger partial charge in [-0.1, -0.05) is 6.92 Å². The van der Waals surface area contributed by atoms with Crippen LogP contribution in [0.1, 0.15) is 26.2 Å². The van der Waals surface area contributed by atoms with E-state index in [4.69, 9.17) is 0 Å². The summed E-state index contributed by atoms with van der Waals surface area (Å²) in [5, 5.41) is 0. The van der Waals surface area contributed by atoms with E-state index in [-0.39, 0.29) is 0 Å². The number of piperazine rings is 1. The van der Waals surface area contributed by atoms with Crippen LogP contribution in [-0.2, 0) is 0 Å². The molecule has 3 nitrogen and oxygen atoms in total. The van der Waals surface area contributed by atoms with Crippen molar-refractivity contribution in [3.63, 3.8) is 0 Å². The Kier molecular flexibility index (Phi) is 5.07. The van der Waals surface area contributed by atoms with Crippen molar-refractivity contribution in [3.05, 3.63) is 0 Å². The molecule has 0 aliphatic carbocycles. The van der Waals surface area contributed by atoms with Gasteiger partial charge in [-0.05, 0) is 52.0 Å². The predicted octanol–water partition coefficient (Wildman–Crippen LogP) is 1.11. The van der Waals surface area contributed by atoms with Crippen molar-refractivity contribution in [1.29, 1.82) is 0 Å². The van der Waals surface area contributed by atoms with E-state index in [2.05, 4.69) is 21.6 Å². The van der Waals surface area contributed by atoms with E-state index < -0.39 is 0 Å². The second-order valence-corrected chi connectivity index (χ2v) is 5.18. The van der Waals surface area contributed by atoms with E-state index in [1.807, 2.05) is 0 Å². The lowest BCUT2D eigenvalue weighted by Gasteiger charge is -2.34. The Bertz CT molecular complexity index is 182. The molecular weight excluding hydrogens is 198 g/mol. The highest BCUT2D eigenvalue weighted by Crippen LogP contribution is 2.08. The largest absolute Gasteiger partial charge is 0.303 e. The summed E-state index contributed by atoms with van der Waals surface area (Å²) in [5.41, 5.74) is 0. The lowest BCUT2D eigenvalue weighted by atomic mass is 10.3. The molecule has 2 fully saturated rings. The van der Waals surface area contributed by atoms with Gasteiger partial charge in [-0.15, -0.1) is 0 Å². The Morgan fingerprint density at radius 1 is 0.688 bits per heavy atom. The SMILES string of the molecule is CCN1CCN(CCCN2CCCC2)CC1. The highest BCUT2D eigenvalue weighted by Gasteiger charge is 2.16. The highest BCUT2D eigenvalue weighted by atomic mass is 15.3.